The summed E-state index contributed by atoms with van der Waals surface area (Å²) in [7, 11) is 0. The fourth-order valence-electron chi connectivity index (χ4n) is 4.26. The van der Waals surface area contributed by atoms with Crippen LogP contribution in [0.25, 0.3) is 0 Å². The van der Waals surface area contributed by atoms with E-state index in [9.17, 15) is 19.6 Å². The van der Waals surface area contributed by atoms with Crippen molar-refractivity contribution < 1.29 is 14.4 Å². The van der Waals surface area contributed by atoms with Crippen LogP contribution in [0.1, 0.15) is 55.0 Å². The Labute approximate surface area is 186 Å². The summed E-state index contributed by atoms with van der Waals surface area (Å²) in [6.45, 7) is 3.75. The number of aryl methyl sites for hydroxylation is 1. The number of carbonyl (C=O) groups is 3. The minimum absolute atomic E-state index is 0.140. The van der Waals surface area contributed by atoms with Crippen LogP contribution in [0.4, 0.5) is 5.00 Å². The Hall–Kier alpha value is -2.44. The molecular weight excluding hydrogens is 414 g/mol. The molecule has 166 valence electrons. The molecule has 2 N–H and O–H groups in total. The molecule has 1 aromatic rings. The van der Waals surface area contributed by atoms with Gasteiger partial charge in [0.2, 0.25) is 5.91 Å². The van der Waals surface area contributed by atoms with Crippen molar-refractivity contribution in [3.05, 3.63) is 16.0 Å². The van der Waals surface area contributed by atoms with E-state index in [0.29, 0.717) is 36.7 Å². The molecule has 0 unspecified atom stereocenters. The Balaban J connectivity index is 1.33. The molecule has 1 atom stereocenters. The summed E-state index contributed by atoms with van der Waals surface area (Å²) in [4.78, 5) is 42.0. The molecule has 3 amide bonds. The molecule has 2 fully saturated rings. The monoisotopic (exact) mass is 443 g/mol. The largest absolute Gasteiger partial charge is 0.345 e. The van der Waals surface area contributed by atoms with E-state index in [1.165, 1.54) is 22.6 Å². The molecular formula is C22H29N5O3S. The second-order valence-electron chi connectivity index (χ2n) is 8.62. The van der Waals surface area contributed by atoms with E-state index in [1.54, 1.807) is 4.90 Å². The van der Waals surface area contributed by atoms with Gasteiger partial charge < -0.3 is 15.5 Å². The van der Waals surface area contributed by atoms with Gasteiger partial charge in [-0.1, -0.05) is 6.42 Å². The Bertz CT molecular complexity index is 909. The lowest BCUT2D eigenvalue weighted by atomic mass is 10.1. The summed E-state index contributed by atoms with van der Waals surface area (Å²) in [5.41, 5.74) is 1.74. The van der Waals surface area contributed by atoms with Gasteiger partial charge in [-0.25, -0.2) is 0 Å². The maximum Gasteiger partial charge on any atom is 0.311 e. The number of hydrogen-bond acceptors (Lipinski definition) is 6. The molecule has 1 saturated carbocycles. The van der Waals surface area contributed by atoms with Crippen LogP contribution in [0, 0.1) is 11.3 Å². The van der Waals surface area contributed by atoms with Gasteiger partial charge in [0.15, 0.2) is 0 Å². The van der Waals surface area contributed by atoms with Crippen molar-refractivity contribution in [2.45, 2.75) is 64.0 Å². The standard InChI is InChI=1S/C22H29N5O3S/c1-14(26-9-11-27(12-10-26)22(30)20(29)24-15-7-8-15)19(28)25-21-17(13-23)16-5-3-2-4-6-18(16)31-21/h14-15H,2-12H2,1H3,(H,24,29)(H,25,28)/t14-/m0/s1. The predicted molar refractivity (Wildman–Crippen MR) is 118 cm³/mol. The van der Waals surface area contributed by atoms with Gasteiger partial charge in [0, 0.05) is 37.1 Å². The fraction of sp³-hybridized carbons (Fsp3) is 0.636. The minimum Gasteiger partial charge on any atom is -0.345 e. The zero-order valence-electron chi connectivity index (χ0n) is 17.9. The Morgan fingerprint density at radius 3 is 2.48 bits per heavy atom. The van der Waals surface area contributed by atoms with Crippen LogP contribution in [0.15, 0.2) is 0 Å². The highest BCUT2D eigenvalue weighted by molar-refractivity contribution is 7.16. The number of amides is 3. The number of nitrogens with zero attached hydrogens (tertiary/aromatic N) is 3. The summed E-state index contributed by atoms with van der Waals surface area (Å²) in [5.74, 6) is -1.15. The van der Waals surface area contributed by atoms with Gasteiger partial charge in [0.1, 0.15) is 11.1 Å². The van der Waals surface area contributed by atoms with Crippen molar-refractivity contribution in [2.75, 3.05) is 31.5 Å². The second-order valence-corrected chi connectivity index (χ2v) is 9.73. The molecule has 31 heavy (non-hydrogen) atoms. The quantitative estimate of drug-likeness (QED) is 0.544. The summed E-state index contributed by atoms with van der Waals surface area (Å²) in [6, 6.07) is 2.08. The van der Waals surface area contributed by atoms with Crippen LogP contribution < -0.4 is 10.6 Å². The van der Waals surface area contributed by atoms with Gasteiger partial charge in [-0.2, -0.15) is 5.26 Å². The van der Waals surface area contributed by atoms with E-state index in [4.69, 9.17) is 0 Å². The number of hydrogen-bond donors (Lipinski definition) is 2. The first-order valence-electron chi connectivity index (χ1n) is 11.2. The molecule has 1 aromatic heterocycles. The maximum absolute atomic E-state index is 12.9. The molecule has 1 aliphatic heterocycles. The summed E-state index contributed by atoms with van der Waals surface area (Å²) >= 11 is 1.54. The number of rotatable bonds is 4. The van der Waals surface area contributed by atoms with E-state index in [1.807, 2.05) is 11.8 Å². The van der Waals surface area contributed by atoms with Crippen molar-refractivity contribution in [3.63, 3.8) is 0 Å². The molecule has 0 radical (unpaired) electrons. The molecule has 9 heteroatoms. The van der Waals surface area contributed by atoms with Crippen molar-refractivity contribution in [1.82, 2.24) is 15.1 Å². The van der Waals surface area contributed by atoms with Gasteiger partial charge in [-0.3, -0.25) is 19.3 Å². The summed E-state index contributed by atoms with van der Waals surface area (Å²) < 4.78 is 0. The van der Waals surface area contributed by atoms with Crippen LogP contribution in [-0.4, -0.2) is 65.8 Å². The fourth-order valence-corrected chi connectivity index (χ4v) is 5.50. The molecule has 0 bridgehead atoms. The average molecular weight is 444 g/mol. The third kappa shape index (κ3) is 4.91. The lowest BCUT2D eigenvalue weighted by Gasteiger charge is -2.37. The topological polar surface area (TPSA) is 106 Å². The van der Waals surface area contributed by atoms with E-state index in [2.05, 4.69) is 16.7 Å². The van der Waals surface area contributed by atoms with Crippen LogP contribution >= 0.6 is 11.3 Å². The van der Waals surface area contributed by atoms with E-state index < -0.39 is 11.8 Å². The number of nitrogens with one attached hydrogen (secondary N) is 2. The molecule has 0 spiro atoms. The van der Waals surface area contributed by atoms with Gasteiger partial charge in [0.25, 0.3) is 0 Å². The molecule has 4 rings (SSSR count). The first-order valence-corrected chi connectivity index (χ1v) is 12.0. The maximum atomic E-state index is 12.9. The van der Waals surface area contributed by atoms with Gasteiger partial charge >= 0.3 is 11.8 Å². The van der Waals surface area contributed by atoms with E-state index in [0.717, 1.165) is 44.1 Å². The van der Waals surface area contributed by atoms with Gasteiger partial charge in [-0.05, 0) is 51.0 Å². The number of nitriles is 1. The van der Waals surface area contributed by atoms with Crippen molar-refractivity contribution in [2.24, 2.45) is 0 Å². The molecule has 1 saturated heterocycles. The molecule has 8 nitrogen and oxygen atoms in total. The zero-order chi connectivity index (χ0) is 22.0. The smallest absolute Gasteiger partial charge is 0.311 e. The first-order chi connectivity index (χ1) is 15.0. The minimum atomic E-state index is -0.525. The van der Waals surface area contributed by atoms with E-state index in [-0.39, 0.29) is 18.0 Å². The second kappa shape index (κ2) is 9.37. The number of piperazine rings is 1. The van der Waals surface area contributed by atoms with E-state index >= 15 is 0 Å². The summed E-state index contributed by atoms with van der Waals surface area (Å²) in [5, 5.41) is 16.0. The highest BCUT2D eigenvalue weighted by Crippen LogP contribution is 2.37. The van der Waals surface area contributed by atoms with Crippen LogP contribution in [0.3, 0.4) is 0 Å². The third-order valence-electron chi connectivity index (χ3n) is 6.41. The van der Waals surface area contributed by atoms with Gasteiger partial charge in [-0.15, -0.1) is 11.3 Å². The van der Waals surface area contributed by atoms with Crippen molar-refractivity contribution in [1.29, 1.82) is 5.26 Å². The van der Waals surface area contributed by atoms with Crippen molar-refractivity contribution >= 4 is 34.1 Å². The van der Waals surface area contributed by atoms with Crippen LogP contribution in [0.2, 0.25) is 0 Å². The Kier molecular flexibility index (Phi) is 6.58. The Morgan fingerprint density at radius 2 is 1.81 bits per heavy atom. The first kappa shape index (κ1) is 21.8. The number of fused-ring (bicyclic) bond motifs is 1. The van der Waals surface area contributed by atoms with Crippen molar-refractivity contribution in [3.8, 4) is 6.07 Å². The predicted octanol–water partition coefficient (Wildman–Crippen LogP) is 1.64. The SMILES string of the molecule is C[C@@H](C(=O)Nc1sc2c(c1C#N)CCCCC2)N1CCN(C(=O)C(=O)NC2CC2)CC1. The molecule has 3 aliphatic rings. The van der Waals surface area contributed by atoms with Gasteiger partial charge in [0.05, 0.1) is 11.6 Å². The average Bonchev–Trinajstić information content (AvgIpc) is 3.57. The lowest BCUT2D eigenvalue weighted by molar-refractivity contribution is -0.147. The lowest BCUT2D eigenvalue weighted by Crippen LogP contribution is -2.56. The zero-order valence-corrected chi connectivity index (χ0v) is 18.7. The highest BCUT2D eigenvalue weighted by Gasteiger charge is 2.33. The normalized spacial score (nSPS) is 20.2. The van der Waals surface area contributed by atoms with Crippen LogP contribution in [-0.2, 0) is 27.2 Å². The summed E-state index contributed by atoms with van der Waals surface area (Å²) in [6.07, 6.45) is 7.17. The number of thiophene rings is 1. The Morgan fingerprint density at radius 1 is 1.10 bits per heavy atom. The molecule has 2 heterocycles. The third-order valence-corrected chi connectivity index (χ3v) is 7.61. The highest BCUT2D eigenvalue weighted by atomic mass is 32.1. The molecule has 2 aliphatic carbocycles. The van der Waals surface area contributed by atoms with Crippen LogP contribution in [0.5, 0.6) is 0 Å². The number of anilines is 1. The molecule has 0 aromatic carbocycles. The number of carbonyl (C=O) groups excluding carboxylic acids is 3.